The third kappa shape index (κ3) is 4.65. The fraction of sp³-hybridized carbons (Fsp3) is 0. The Morgan fingerprint density at radius 3 is 2.46 bits per heavy atom. The monoisotopic (exact) mass is 520 g/mol. The van der Waals surface area contributed by atoms with Crippen LogP contribution in [0.25, 0.3) is 27.9 Å². The lowest BCUT2D eigenvalue weighted by Gasteiger charge is -2.22. The highest BCUT2D eigenvalue weighted by molar-refractivity contribution is 7.99. The third-order valence-corrected chi connectivity index (χ3v) is 7.54. The van der Waals surface area contributed by atoms with E-state index in [0.29, 0.717) is 22.0 Å². The molecule has 1 aromatic heterocycles. The van der Waals surface area contributed by atoms with Crippen molar-refractivity contribution in [3.63, 3.8) is 0 Å². The zero-order valence-corrected chi connectivity index (χ0v) is 21.2. The van der Waals surface area contributed by atoms with Gasteiger partial charge in [0.2, 0.25) is 0 Å². The van der Waals surface area contributed by atoms with Gasteiger partial charge in [0.05, 0.1) is 33.8 Å². The van der Waals surface area contributed by atoms with Gasteiger partial charge < -0.3 is 5.32 Å². The molecule has 4 aromatic carbocycles. The number of nitrogens with one attached hydrogen (secondary N) is 3. The highest BCUT2D eigenvalue weighted by atomic mass is 35.5. The second-order valence-corrected chi connectivity index (χ2v) is 10.1. The Morgan fingerprint density at radius 1 is 0.838 bits per heavy atom. The van der Waals surface area contributed by atoms with E-state index < -0.39 is 0 Å². The molecule has 7 heteroatoms. The molecule has 3 N–H and O–H groups in total. The van der Waals surface area contributed by atoms with Crippen molar-refractivity contribution in [1.82, 2.24) is 15.8 Å². The molecule has 0 saturated heterocycles. The smallest absolute Gasteiger partial charge is 0.270 e. The first-order chi connectivity index (χ1) is 18.0. The van der Waals surface area contributed by atoms with Gasteiger partial charge in [-0.05, 0) is 48.5 Å². The summed E-state index contributed by atoms with van der Waals surface area (Å²) >= 11 is 7.78. The number of fused-ring (bicyclic) bond motifs is 3. The molecule has 6 rings (SSSR count). The normalized spacial score (nSPS) is 11.7. The van der Waals surface area contributed by atoms with E-state index in [2.05, 4.69) is 40.9 Å². The molecule has 37 heavy (non-hydrogen) atoms. The van der Waals surface area contributed by atoms with E-state index in [1.165, 1.54) is 4.90 Å². The Hall–Kier alpha value is -4.26. The maximum Gasteiger partial charge on any atom is 0.270 e. The van der Waals surface area contributed by atoms with Crippen molar-refractivity contribution in [2.45, 2.75) is 9.79 Å². The lowest BCUT2D eigenvalue weighted by Crippen LogP contribution is -2.36. The van der Waals surface area contributed by atoms with Gasteiger partial charge in [0.1, 0.15) is 0 Å². The molecule has 0 saturated carbocycles. The number of anilines is 2. The Balaban J connectivity index is 1.23. The van der Waals surface area contributed by atoms with Gasteiger partial charge in [-0.3, -0.25) is 15.6 Å². The van der Waals surface area contributed by atoms with Gasteiger partial charge in [0, 0.05) is 31.3 Å². The SMILES string of the molecule is C=C(NNC(=O)c1cc(-c2ccc(Cl)cc2)nc2ccccc12)c1ccc2c(c1)Nc1ccccc1S2. The number of carbonyl (C=O) groups is 1. The minimum atomic E-state index is -0.282. The number of benzene rings is 4. The summed E-state index contributed by atoms with van der Waals surface area (Å²) in [5, 5.41) is 4.89. The van der Waals surface area contributed by atoms with Crippen LogP contribution in [0, 0.1) is 0 Å². The van der Waals surface area contributed by atoms with E-state index in [-0.39, 0.29) is 5.91 Å². The van der Waals surface area contributed by atoms with Crippen LogP contribution in [0.15, 0.2) is 113 Å². The molecule has 180 valence electrons. The number of hydrogen-bond acceptors (Lipinski definition) is 5. The average Bonchev–Trinajstić information content (AvgIpc) is 2.94. The fourth-order valence-corrected chi connectivity index (χ4v) is 5.32. The Labute approximate surface area is 223 Å². The van der Waals surface area contributed by atoms with E-state index in [1.54, 1.807) is 17.8 Å². The average molecular weight is 521 g/mol. The predicted molar refractivity (Wildman–Crippen MR) is 152 cm³/mol. The van der Waals surface area contributed by atoms with E-state index in [9.17, 15) is 4.79 Å². The van der Waals surface area contributed by atoms with Gasteiger partial charge in [-0.25, -0.2) is 4.98 Å². The molecule has 1 aliphatic rings. The van der Waals surface area contributed by atoms with Gasteiger partial charge in [-0.2, -0.15) is 0 Å². The van der Waals surface area contributed by atoms with Gasteiger partial charge in [-0.1, -0.05) is 78.5 Å². The molecular weight excluding hydrogens is 500 g/mol. The maximum absolute atomic E-state index is 13.3. The molecule has 0 atom stereocenters. The highest BCUT2D eigenvalue weighted by Gasteiger charge is 2.17. The second kappa shape index (κ2) is 9.65. The largest absolute Gasteiger partial charge is 0.354 e. The van der Waals surface area contributed by atoms with Crippen molar-refractivity contribution < 1.29 is 4.79 Å². The number of nitrogens with zero attached hydrogens (tertiary/aromatic N) is 1. The van der Waals surface area contributed by atoms with Gasteiger partial charge >= 0.3 is 0 Å². The third-order valence-electron chi connectivity index (χ3n) is 6.13. The first kappa shape index (κ1) is 23.2. The number of hydrazine groups is 1. The number of carbonyl (C=O) groups excluding carboxylic acids is 1. The zero-order valence-electron chi connectivity index (χ0n) is 19.6. The van der Waals surface area contributed by atoms with Gasteiger partial charge in [-0.15, -0.1) is 0 Å². The quantitative estimate of drug-likeness (QED) is 0.203. The van der Waals surface area contributed by atoms with Crippen LogP contribution in [0.4, 0.5) is 11.4 Å². The predicted octanol–water partition coefficient (Wildman–Crippen LogP) is 7.67. The van der Waals surface area contributed by atoms with Crippen molar-refractivity contribution >= 4 is 57.2 Å². The van der Waals surface area contributed by atoms with Crippen LogP contribution in [0.5, 0.6) is 0 Å². The summed E-state index contributed by atoms with van der Waals surface area (Å²) < 4.78 is 0. The van der Waals surface area contributed by atoms with Crippen molar-refractivity contribution in [1.29, 1.82) is 0 Å². The summed E-state index contributed by atoms with van der Waals surface area (Å²) in [6.07, 6.45) is 0. The summed E-state index contributed by atoms with van der Waals surface area (Å²) in [5.74, 6) is -0.282. The molecule has 2 heterocycles. The Morgan fingerprint density at radius 2 is 1.59 bits per heavy atom. The van der Waals surface area contributed by atoms with Crippen LogP contribution >= 0.6 is 23.4 Å². The summed E-state index contributed by atoms with van der Waals surface area (Å²) in [6, 6.07) is 31.1. The molecule has 1 amide bonds. The van der Waals surface area contributed by atoms with E-state index in [4.69, 9.17) is 16.6 Å². The number of amides is 1. The summed E-state index contributed by atoms with van der Waals surface area (Å²) in [4.78, 5) is 20.4. The van der Waals surface area contributed by atoms with Crippen LogP contribution < -0.4 is 16.2 Å². The summed E-state index contributed by atoms with van der Waals surface area (Å²) in [7, 11) is 0. The van der Waals surface area contributed by atoms with Gasteiger partial charge in [0.25, 0.3) is 5.91 Å². The Kier molecular flexibility index (Phi) is 6.04. The highest BCUT2D eigenvalue weighted by Crippen LogP contribution is 2.44. The standard InChI is InChI=1S/C30H21ClN4OS/c1-18(20-12-15-29-27(16-20)33-25-8-4-5-9-28(25)37-29)34-35-30(36)23-17-26(19-10-13-21(31)14-11-19)32-24-7-3-2-6-22(23)24/h2-17,33-34H,1H2,(H,35,36). The first-order valence-corrected chi connectivity index (χ1v) is 12.8. The number of rotatable bonds is 5. The summed E-state index contributed by atoms with van der Waals surface area (Å²) in [6.45, 7) is 4.13. The molecule has 0 aliphatic carbocycles. The molecule has 5 aromatic rings. The molecule has 0 spiro atoms. The van der Waals surface area contributed by atoms with Crippen molar-refractivity contribution in [3.05, 3.63) is 120 Å². The van der Waals surface area contributed by atoms with Crippen molar-refractivity contribution in [3.8, 4) is 11.3 Å². The number of halogens is 1. The summed E-state index contributed by atoms with van der Waals surface area (Å²) in [5.41, 5.74) is 12.1. The number of hydrogen-bond donors (Lipinski definition) is 3. The molecule has 0 unspecified atom stereocenters. The molecule has 0 bridgehead atoms. The van der Waals surface area contributed by atoms with Crippen LogP contribution in [-0.2, 0) is 0 Å². The van der Waals surface area contributed by atoms with Crippen LogP contribution in [0.3, 0.4) is 0 Å². The van der Waals surface area contributed by atoms with Crippen LogP contribution in [-0.4, -0.2) is 10.9 Å². The lowest BCUT2D eigenvalue weighted by atomic mass is 10.0. The first-order valence-electron chi connectivity index (χ1n) is 11.6. The molecule has 5 nitrogen and oxygen atoms in total. The van der Waals surface area contributed by atoms with Crippen molar-refractivity contribution in [2.24, 2.45) is 0 Å². The molecule has 1 aliphatic heterocycles. The van der Waals surface area contributed by atoms with Gasteiger partial charge in [0.15, 0.2) is 0 Å². The minimum Gasteiger partial charge on any atom is -0.354 e. The fourth-order valence-electron chi connectivity index (χ4n) is 4.23. The van der Waals surface area contributed by atoms with Crippen LogP contribution in [0.1, 0.15) is 15.9 Å². The Bertz CT molecular complexity index is 1680. The molecular formula is C30H21ClN4OS. The van der Waals surface area contributed by atoms with E-state index >= 15 is 0 Å². The second-order valence-electron chi connectivity index (χ2n) is 8.57. The topological polar surface area (TPSA) is 66.0 Å². The maximum atomic E-state index is 13.3. The number of aromatic nitrogens is 1. The number of para-hydroxylation sites is 2. The molecule has 0 radical (unpaired) electrons. The minimum absolute atomic E-state index is 0.282. The van der Waals surface area contributed by atoms with E-state index in [0.717, 1.165) is 38.3 Å². The molecule has 0 fully saturated rings. The lowest BCUT2D eigenvalue weighted by molar-refractivity contribution is 0.0944. The number of pyridine rings is 1. The van der Waals surface area contributed by atoms with Crippen molar-refractivity contribution in [2.75, 3.05) is 5.32 Å². The van der Waals surface area contributed by atoms with Crippen LogP contribution in [0.2, 0.25) is 5.02 Å². The zero-order chi connectivity index (χ0) is 25.4. The van der Waals surface area contributed by atoms with E-state index in [1.807, 2.05) is 72.8 Å².